The normalized spacial score (nSPS) is 37.2. The average Bonchev–Trinajstić information content (AvgIpc) is 2.27. The quantitative estimate of drug-likeness (QED) is 0.607. The standard InChI is InChI=1S/C10H20.CH3.2ClH.O.V/c1-6-7(2)9(4)10(5)8(6)3;;;;;/h6-10H,1-5H3;1H3;2*1H;;/q;-1;;;;. The van der Waals surface area contributed by atoms with Gasteiger partial charge < -0.3 is 7.43 Å². The Morgan fingerprint density at radius 2 is 0.667 bits per heavy atom. The van der Waals surface area contributed by atoms with Gasteiger partial charge in [0.05, 0.1) is 0 Å². The predicted molar refractivity (Wildman–Crippen MR) is 67.4 cm³/mol. The van der Waals surface area contributed by atoms with Crippen LogP contribution in [0.15, 0.2) is 0 Å². The van der Waals surface area contributed by atoms with E-state index in [-0.39, 0.29) is 32.2 Å². The molecule has 1 aliphatic carbocycles. The van der Waals surface area contributed by atoms with Crippen LogP contribution in [0.3, 0.4) is 0 Å². The summed E-state index contributed by atoms with van der Waals surface area (Å²) in [7, 11) is 0. The van der Waals surface area contributed by atoms with E-state index in [1.807, 2.05) is 0 Å². The minimum absolute atomic E-state index is 0. The van der Waals surface area contributed by atoms with Gasteiger partial charge in [0.2, 0.25) is 0 Å². The van der Waals surface area contributed by atoms with Gasteiger partial charge in [-0.3, -0.25) is 0 Å². The Balaban J connectivity index is -0.000000114. The molecule has 0 spiro atoms. The fourth-order valence-electron chi connectivity index (χ4n) is 2.39. The molecule has 0 heterocycles. The topological polar surface area (TPSA) is 17.1 Å². The number of rotatable bonds is 0. The zero-order chi connectivity index (χ0) is 9.89. The van der Waals surface area contributed by atoms with Crippen LogP contribution in [-0.2, 0) is 21.0 Å². The van der Waals surface area contributed by atoms with Crippen LogP contribution in [0.2, 0.25) is 0 Å². The Kier molecular flexibility index (Phi) is 19.1. The summed E-state index contributed by atoms with van der Waals surface area (Å²) in [5.74, 6) is 4.68. The van der Waals surface area contributed by atoms with Crippen molar-refractivity contribution >= 4 is 24.8 Å². The van der Waals surface area contributed by atoms with E-state index in [2.05, 4.69) is 34.6 Å². The first-order chi connectivity index (χ1) is 5.55. The van der Waals surface area contributed by atoms with Crippen LogP contribution in [0.4, 0.5) is 0 Å². The maximum absolute atomic E-state index is 8.19. The first-order valence-electron chi connectivity index (χ1n) is 4.74. The first kappa shape index (κ1) is 25.0. The molecule has 0 aliphatic heterocycles. The van der Waals surface area contributed by atoms with Gasteiger partial charge in [0.15, 0.2) is 0 Å². The fraction of sp³-hybridized carbons (Fsp3) is 0.909. The van der Waals surface area contributed by atoms with Crippen molar-refractivity contribution in [1.29, 1.82) is 0 Å². The summed E-state index contributed by atoms with van der Waals surface area (Å²) in [6, 6.07) is 0. The third-order valence-corrected chi connectivity index (χ3v) is 4.15. The molecule has 1 aliphatic rings. The molecule has 95 valence electrons. The van der Waals surface area contributed by atoms with Gasteiger partial charge in [0.25, 0.3) is 0 Å². The van der Waals surface area contributed by atoms with E-state index < -0.39 is 0 Å². The monoisotopic (exact) mass is 294 g/mol. The zero-order valence-corrected chi connectivity index (χ0v) is 13.6. The summed E-state index contributed by atoms with van der Waals surface area (Å²) in [6.45, 7) is 12.0. The van der Waals surface area contributed by atoms with E-state index in [0.717, 1.165) is 47.0 Å². The van der Waals surface area contributed by atoms with Crippen molar-refractivity contribution in [2.24, 2.45) is 29.6 Å². The van der Waals surface area contributed by atoms with Crippen LogP contribution in [0.25, 0.3) is 0 Å². The zero-order valence-electron chi connectivity index (χ0n) is 10.6. The molecule has 0 saturated heterocycles. The second-order valence-electron chi connectivity index (χ2n) is 4.30. The van der Waals surface area contributed by atoms with Gasteiger partial charge in [-0.2, -0.15) is 0 Å². The Morgan fingerprint density at radius 1 is 0.600 bits per heavy atom. The average molecular weight is 295 g/mol. The summed E-state index contributed by atoms with van der Waals surface area (Å²) in [5.41, 5.74) is 0. The predicted octanol–water partition coefficient (Wildman–Crippen LogP) is 4.35. The fourth-order valence-corrected chi connectivity index (χ4v) is 2.39. The SMILES string of the molecule is CC1C(C)C(C)C(C)C1C.Cl.Cl.[CH3-].[O]=[V]. The van der Waals surface area contributed by atoms with Gasteiger partial charge in [-0.05, 0) is 29.6 Å². The molecule has 0 atom stereocenters. The molecule has 0 bridgehead atoms. The van der Waals surface area contributed by atoms with E-state index in [1.165, 1.54) is 0 Å². The van der Waals surface area contributed by atoms with Gasteiger partial charge in [-0.15, -0.1) is 24.8 Å². The molecule has 1 saturated carbocycles. The molecule has 0 N–H and O–H groups in total. The van der Waals surface area contributed by atoms with Crippen molar-refractivity contribution in [3.63, 3.8) is 0 Å². The van der Waals surface area contributed by atoms with Crippen LogP contribution >= 0.6 is 24.8 Å². The summed E-state index contributed by atoms with van der Waals surface area (Å²) >= 11 is 1.06. The molecule has 1 rings (SSSR count). The number of hydrogen-bond donors (Lipinski definition) is 0. The van der Waals surface area contributed by atoms with Crippen LogP contribution in [0, 0.1) is 37.0 Å². The molecule has 1 nitrogen and oxygen atoms in total. The Labute approximate surface area is 117 Å². The minimum atomic E-state index is 0. The molecule has 4 heteroatoms. The van der Waals surface area contributed by atoms with E-state index in [9.17, 15) is 0 Å². The van der Waals surface area contributed by atoms with Crippen molar-refractivity contribution in [1.82, 2.24) is 0 Å². The second kappa shape index (κ2) is 11.4. The molecule has 1 fully saturated rings. The molecule has 0 unspecified atom stereocenters. The Morgan fingerprint density at radius 3 is 0.733 bits per heavy atom. The summed E-state index contributed by atoms with van der Waals surface area (Å²) in [6.07, 6.45) is 0. The maximum atomic E-state index is 8.19. The van der Waals surface area contributed by atoms with Crippen LogP contribution in [-0.4, -0.2) is 0 Å². The van der Waals surface area contributed by atoms with Gasteiger partial charge in [-0.25, -0.2) is 0 Å². The molecular weight excluding hydrogens is 270 g/mol. The van der Waals surface area contributed by atoms with Crippen molar-refractivity contribution in [2.45, 2.75) is 34.6 Å². The molecule has 0 amide bonds. The van der Waals surface area contributed by atoms with Gasteiger partial charge in [-0.1, -0.05) is 34.6 Å². The number of hydrogen-bond acceptors (Lipinski definition) is 1. The van der Waals surface area contributed by atoms with E-state index in [4.69, 9.17) is 3.67 Å². The second-order valence-corrected chi connectivity index (χ2v) is 4.30. The van der Waals surface area contributed by atoms with Crippen molar-refractivity contribution < 1.29 is 21.0 Å². The van der Waals surface area contributed by atoms with Gasteiger partial charge in [0.1, 0.15) is 0 Å². The molecule has 0 aromatic carbocycles. The summed E-state index contributed by atoms with van der Waals surface area (Å²) in [5, 5.41) is 0. The van der Waals surface area contributed by atoms with Gasteiger partial charge in [0, 0.05) is 0 Å². The van der Waals surface area contributed by atoms with Crippen LogP contribution in [0.1, 0.15) is 34.6 Å². The molecule has 0 radical (unpaired) electrons. The van der Waals surface area contributed by atoms with Crippen LogP contribution in [0.5, 0.6) is 0 Å². The molecular formula is C11H25Cl2OV-. The molecule has 15 heavy (non-hydrogen) atoms. The summed E-state index contributed by atoms with van der Waals surface area (Å²) < 4.78 is 8.19. The molecule has 0 aromatic heterocycles. The Hall–Kier alpha value is 0.964. The number of halogens is 2. The third-order valence-electron chi connectivity index (χ3n) is 4.15. The van der Waals surface area contributed by atoms with Crippen molar-refractivity contribution in [3.05, 3.63) is 7.43 Å². The third kappa shape index (κ3) is 5.72. The van der Waals surface area contributed by atoms with Gasteiger partial charge >= 0.3 is 21.0 Å². The molecule has 0 aromatic rings. The van der Waals surface area contributed by atoms with Crippen molar-refractivity contribution in [2.75, 3.05) is 0 Å². The first-order valence-corrected chi connectivity index (χ1v) is 5.31. The van der Waals surface area contributed by atoms with E-state index in [1.54, 1.807) is 0 Å². The summed E-state index contributed by atoms with van der Waals surface area (Å²) in [4.78, 5) is 0. The Bertz CT molecular complexity index is 102. The van der Waals surface area contributed by atoms with Crippen molar-refractivity contribution in [3.8, 4) is 0 Å². The van der Waals surface area contributed by atoms with Crippen LogP contribution < -0.4 is 0 Å². The van der Waals surface area contributed by atoms with E-state index in [0.29, 0.717) is 0 Å². The van der Waals surface area contributed by atoms with E-state index >= 15 is 0 Å².